The van der Waals surface area contributed by atoms with E-state index < -0.39 is 0 Å². The largest absolute Gasteiger partial charge is 0.331 e. The summed E-state index contributed by atoms with van der Waals surface area (Å²) in [5.41, 5.74) is 2.76. The van der Waals surface area contributed by atoms with E-state index in [4.69, 9.17) is 4.98 Å². The molecule has 1 aromatic heterocycles. The third kappa shape index (κ3) is 2.54. The van der Waals surface area contributed by atoms with E-state index in [1.807, 2.05) is 0 Å². The maximum atomic E-state index is 4.84. The van der Waals surface area contributed by atoms with Crippen molar-refractivity contribution in [2.24, 2.45) is 5.92 Å². The van der Waals surface area contributed by atoms with Crippen molar-refractivity contribution in [1.82, 2.24) is 14.9 Å². The van der Waals surface area contributed by atoms with Gasteiger partial charge in [-0.3, -0.25) is 0 Å². The van der Waals surface area contributed by atoms with Crippen molar-refractivity contribution in [3.05, 3.63) is 17.2 Å². The van der Waals surface area contributed by atoms with Gasteiger partial charge < -0.3 is 9.88 Å². The fourth-order valence-electron chi connectivity index (χ4n) is 2.48. The summed E-state index contributed by atoms with van der Waals surface area (Å²) >= 11 is 0. The summed E-state index contributed by atoms with van der Waals surface area (Å²) in [5.74, 6) is 2.53. The zero-order valence-electron chi connectivity index (χ0n) is 11.6. The number of imidazole rings is 1. The van der Waals surface area contributed by atoms with Crippen molar-refractivity contribution in [2.75, 3.05) is 6.54 Å². The molecule has 1 aliphatic rings. The summed E-state index contributed by atoms with van der Waals surface area (Å²) in [6, 6.07) is 0. The first-order valence-corrected chi connectivity index (χ1v) is 6.92. The van der Waals surface area contributed by atoms with E-state index in [0.717, 1.165) is 32.0 Å². The highest BCUT2D eigenvalue weighted by Gasteiger charge is 2.21. The molecule has 17 heavy (non-hydrogen) atoms. The Balaban J connectivity index is 2.35. The molecule has 0 radical (unpaired) electrons. The highest BCUT2D eigenvalue weighted by molar-refractivity contribution is 5.21. The molecule has 2 rings (SSSR count). The van der Waals surface area contributed by atoms with E-state index >= 15 is 0 Å². The van der Waals surface area contributed by atoms with E-state index in [0.29, 0.717) is 5.92 Å². The van der Waals surface area contributed by atoms with Gasteiger partial charge in [0.2, 0.25) is 0 Å². The fraction of sp³-hybridized carbons (Fsp3) is 0.786. The standard InChI is InChI=1S/C14H25N3/c1-5-11(4)9-17-13-6-7-15-8-12(13)16-14(17)10(2)3/h10-11,15H,5-9H2,1-4H3. The summed E-state index contributed by atoms with van der Waals surface area (Å²) in [5, 5.41) is 3.41. The first-order valence-electron chi connectivity index (χ1n) is 6.92. The molecule has 3 heteroatoms. The van der Waals surface area contributed by atoms with Crippen LogP contribution >= 0.6 is 0 Å². The second kappa shape index (κ2) is 5.21. The number of rotatable bonds is 4. The van der Waals surface area contributed by atoms with Crippen LogP contribution in [0.3, 0.4) is 0 Å². The Morgan fingerprint density at radius 1 is 1.35 bits per heavy atom. The van der Waals surface area contributed by atoms with Gasteiger partial charge in [-0.05, 0) is 5.92 Å². The van der Waals surface area contributed by atoms with Gasteiger partial charge in [0.05, 0.1) is 5.69 Å². The quantitative estimate of drug-likeness (QED) is 0.869. The first kappa shape index (κ1) is 12.6. The van der Waals surface area contributed by atoms with Crippen molar-refractivity contribution < 1.29 is 0 Å². The van der Waals surface area contributed by atoms with E-state index in [2.05, 4.69) is 37.6 Å². The van der Waals surface area contributed by atoms with Crippen molar-refractivity contribution in [3.8, 4) is 0 Å². The molecule has 0 saturated carbocycles. The van der Waals surface area contributed by atoms with Gasteiger partial charge >= 0.3 is 0 Å². The van der Waals surface area contributed by atoms with Crippen molar-refractivity contribution >= 4 is 0 Å². The van der Waals surface area contributed by atoms with Gasteiger partial charge in [-0.2, -0.15) is 0 Å². The molecule has 1 N–H and O–H groups in total. The lowest BCUT2D eigenvalue weighted by Crippen LogP contribution is -2.25. The molecule has 0 spiro atoms. The van der Waals surface area contributed by atoms with Crippen LogP contribution in [0, 0.1) is 5.92 Å². The molecule has 0 amide bonds. The number of hydrogen-bond acceptors (Lipinski definition) is 2. The zero-order valence-corrected chi connectivity index (χ0v) is 11.6. The van der Waals surface area contributed by atoms with Crippen LogP contribution in [-0.4, -0.2) is 16.1 Å². The van der Waals surface area contributed by atoms with Gasteiger partial charge in [-0.1, -0.05) is 34.1 Å². The summed E-state index contributed by atoms with van der Waals surface area (Å²) in [7, 11) is 0. The molecule has 1 unspecified atom stereocenters. The summed E-state index contributed by atoms with van der Waals surface area (Å²) < 4.78 is 2.50. The van der Waals surface area contributed by atoms with Crippen LogP contribution in [0.4, 0.5) is 0 Å². The minimum absolute atomic E-state index is 0.518. The summed E-state index contributed by atoms with van der Waals surface area (Å²) in [6.45, 7) is 12.3. The predicted octanol–water partition coefficient (Wildman–Crippen LogP) is 2.70. The lowest BCUT2D eigenvalue weighted by molar-refractivity contribution is 0.439. The van der Waals surface area contributed by atoms with E-state index in [1.165, 1.54) is 23.6 Å². The molecule has 3 nitrogen and oxygen atoms in total. The number of nitrogens with one attached hydrogen (secondary N) is 1. The summed E-state index contributed by atoms with van der Waals surface area (Å²) in [6.07, 6.45) is 2.37. The Hall–Kier alpha value is -0.830. The molecule has 0 fully saturated rings. The average Bonchev–Trinajstić information content (AvgIpc) is 2.68. The minimum Gasteiger partial charge on any atom is -0.331 e. The maximum Gasteiger partial charge on any atom is 0.111 e. The second-order valence-corrected chi connectivity index (χ2v) is 5.57. The van der Waals surface area contributed by atoms with Crippen LogP contribution in [0.15, 0.2) is 0 Å². The molecule has 0 saturated heterocycles. The zero-order chi connectivity index (χ0) is 12.4. The van der Waals surface area contributed by atoms with Gasteiger partial charge in [-0.25, -0.2) is 4.98 Å². The molecule has 1 aromatic rings. The van der Waals surface area contributed by atoms with Gasteiger partial charge in [0.15, 0.2) is 0 Å². The number of fused-ring (bicyclic) bond motifs is 1. The molecular formula is C14H25N3. The lowest BCUT2D eigenvalue weighted by atomic mass is 10.1. The molecule has 0 bridgehead atoms. The fourth-order valence-corrected chi connectivity index (χ4v) is 2.48. The average molecular weight is 235 g/mol. The second-order valence-electron chi connectivity index (χ2n) is 5.57. The highest BCUT2D eigenvalue weighted by atomic mass is 15.1. The van der Waals surface area contributed by atoms with Crippen LogP contribution in [-0.2, 0) is 19.5 Å². The van der Waals surface area contributed by atoms with E-state index in [-0.39, 0.29) is 0 Å². The third-order valence-corrected chi connectivity index (χ3v) is 3.72. The molecule has 1 aliphatic heterocycles. The Kier molecular flexibility index (Phi) is 3.87. The molecule has 2 heterocycles. The predicted molar refractivity (Wildman–Crippen MR) is 71.2 cm³/mol. The van der Waals surface area contributed by atoms with Crippen LogP contribution in [0.5, 0.6) is 0 Å². The van der Waals surface area contributed by atoms with Crippen LogP contribution in [0.1, 0.15) is 57.2 Å². The molecular weight excluding hydrogens is 210 g/mol. The minimum atomic E-state index is 0.518. The van der Waals surface area contributed by atoms with Crippen molar-refractivity contribution in [1.29, 1.82) is 0 Å². The van der Waals surface area contributed by atoms with Crippen molar-refractivity contribution in [3.63, 3.8) is 0 Å². The van der Waals surface area contributed by atoms with Crippen LogP contribution in [0.25, 0.3) is 0 Å². The number of aromatic nitrogens is 2. The SMILES string of the molecule is CCC(C)Cn1c(C(C)C)nc2c1CCNC2. The first-order chi connectivity index (χ1) is 8.13. The maximum absolute atomic E-state index is 4.84. The Bertz CT molecular complexity index is 379. The Morgan fingerprint density at radius 2 is 2.12 bits per heavy atom. The molecule has 0 aliphatic carbocycles. The molecule has 96 valence electrons. The smallest absolute Gasteiger partial charge is 0.111 e. The van der Waals surface area contributed by atoms with Gasteiger partial charge in [0.25, 0.3) is 0 Å². The normalized spacial score (nSPS) is 17.2. The van der Waals surface area contributed by atoms with Gasteiger partial charge in [0, 0.05) is 37.7 Å². The Morgan fingerprint density at radius 3 is 2.76 bits per heavy atom. The molecule has 1 atom stereocenters. The van der Waals surface area contributed by atoms with Crippen LogP contribution in [0.2, 0.25) is 0 Å². The van der Waals surface area contributed by atoms with Gasteiger partial charge in [-0.15, -0.1) is 0 Å². The summed E-state index contributed by atoms with van der Waals surface area (Å²) in [4.78, 5) is 4.84. The third-order valence-electron chi connectivity index (χ3n) is 3.72. The number of nitrogens with zero attached hydrogens (tertiary/aromatic N) is 2. The van der Waals surface area contributed by atoms with Crippen molar-refractivity contribution in [2.45, 2.75) is 59.5 Å². The van der Waals surface area contributed by atoms with E-state index in [9.17, 15) is 0 Å². The molecule has 0 aromatic carbocycles. The van der Waals surface area contributed by atoms with Gasteiger partial charge in [0.1, 0.15) is 5.82 Å². The number of hydrogen-bond donors (Lipinski definition) is 1. The topological polar surface area (TPSA) is 29.9 Å². The monoisotopic (exact) mass is 235 g/mol. The lowest BCUT2D eigenvalue weighted by Gasteiger charge is -2.19. The Labute approximate surface area is 105 Å². The van der Waals surface area contributed by atoms with E-state index in [1.54, 1.807) is 0 Å². The highest BCUT2D eigenvalue weighted by Crippen LogP contribution is 2.23. The van der Waals surface area contributed by atoms with Crippen LogP contribution < -0.4 is 5.32 Å².